The monoisotopic (exact) mass is 444 g/mol. The molecule has 0 aliphatic carbocycles. The Hall–Kier alpha value is -3.82. The van der Waals surface area contributed by atoms with Crippen LogP contribution in [0.1, 0.15) is 24.2 Å². The minimum atomic E-state index is -4.89. The average Bonchev–Trinajstić information content (AvgIpc) is 2.74. The first-order valence-corrected chi connectivity index (χ1v) is 9.54. The second-order valence-electron chi connectivity index (χ2n) is 7.18. The molecular weight excluding hydrogens is 428 g/mol. The molecule has 1 N–H and O–H groups in total. The van der Waals surface area contributed by atoms with Gasteiger partial charge in [0.2, 0.25) is 0 Å². The third-order valence-electron chi connectivity index (χ3n) is 5.00. The predicted octanol–water partition coefficient (Wildman–Crippen LogP) is 4.52. The van der Waals surface area contributed by atoms with E-state index in [0.29, 0.717) is 0 Å². The molecular formula is C22H16F4N4O2. The molecule has 3 heterocycles. The maximum Gasteiger partial charge on any atom is 0.434 e. The zero-order chi connectivity index (χ0) is 23.0. The Morgan fingerprint density at radius 1 is 1.06 bits per heavy atom. The molecule has 4 rings (SSSR count). The van der Waals surface area contributed by atoms with Crippen LogP contribution in [-0.2, 0) is 12.6 Å². The van der Waals surface area contributed by atoms with Crippen molar-refractivity contribution in [2.75, 3.05) is 0 Å². The van der Waals surface area contributed by atoms with Crippen molar-refractivity contribution in [3.05, 3.63) is 82.3 Å². The van der Waals surface area contributed by atoms with Crippen LogP contribution in [0.3, 0.4) is 0 Å². The van der Waals surface area contributed by atoms with E-state index in [9.17, 15) is 27.5 Å². The standard InChI is InChI=1S/C22H16F4N4O2/c1-12(11-13-5-2-3-6-14(13)23)30-20(18-16(31)7-4-9-27-18)29-15-8-10-28-19(22(24,25)26)17(15)21(30)32/h2-10,12,31H,11H2,1H3/t12-/m0/s1. The summed E-state index contributed by atoms with van der Waals surface area (Å²) in [5.74, 6) is -0.958. The van der Waals surface area contributed by atoms with Gasteiger partial charge < -0.3 is 5.11 Å². The molecule has 0 unspecified atom stereocenters. The summed E-state index contributed by atoms with van der Waals surface area (Å²) in [6, 6.07) is 9.02. The molecule has 0 fully saturated rings. The number of alkyl halides is 3. The van der Waals surface area contributed by atoms with Gasteiger partial charge in [0, 0.05) is 18.4 Å². The van der Waals surface area contributed by atoms with Crippen LogP contribution in [-0.4, -0.2) is 24.6 Å². The molecule has 3 aromatic heterocycles. The minimum Gasteiger partial charge on any atom is -0.506 e. The van der Waals surface area contributed by atoms with E-state index in [1.54, 1.807) is 13.0 Å². The Kier molecular flexibility index (Phi) is 5.37. The van der Waals surface area contributed by atoms with Gasteiger partial charge in [-0.05, 0) is 43.2 Å². The normalized spacial score (nSPS) is 12.8. The first-order valence-electron chi connectivity index (χ1n) is 9.54. The highest BCUT2D eigenvalue weighted by atomic mass is 19.4. The van der Waals surface area contributed by atoms with Crippen LogP contribution in [0.2, 0.25) is 0 Å². The fourth-order valence-corrected chi connectivity index (χ4v) is 3.57. The summed E-state index contributed by atoms with van der Waals surface area (Å²) in [4.78, 5) is 25.0. The first-order chi connectivity index (χ1) is 15.2. The van der Waals surface area contributed by atoms with Gasteiger partial charge in [0.05, 0.1) is 10.9 Å². The van der Waals surface area contributed by atoms with Gasteiger partial charge in [0.1, 0.15) is 17.3 Å². The van der Waals surface area contributed by atoms with Gasteiger partial charge >= 0.3 is 6.18 Å². The number of aromatic hydroxyl groups is 1. The minimum absolute atomic E-state index is 0.0119. The summed E-state index contributed by atoms with van der Waals surface area (Å²) < 4.78 is 55.9. The van der Waals surface area contributed by atoms with Crippen LogP contribution in [0.25, 0.3) is 22.4 Å². The number of aromatic nitrogens is 4. The van der Waals surface area contributed by atoms with Gasteiger partial charge in [-0.1, -0.05) is 18.2 Å². The quantitative estimate of drug-likeness (QED) is 0.468. The molecule has 10 heteroatoms. The van der Waals surface area contributed by atoms with E-state index in [1.807, 2.05) is 0 Å². The topological polar surface area (TPSA) is 80.9 Å². The summed E-state index contributed by atoms with van der Waals surface area (Å²) in [5, 5.41) is 9.57. The highest BCUT2D eigenvalue weighted by Gasteiger charge is 2.37. The van der Waals surface area contributed by atoms with Crippen molar-refractivity contribution in [2.45, 2.75) is 25.6 Å². The summed E-state index contributed by atoms with van der Waals surface area (Å²) in [6.45, 7) is 1.55. The third kappa shape index (κ3) is 3.79. The van der Waals surface area contributed by atoms with Crippen molar-refractivity contribution in [1.82, 2.24) is 19.5 Å². The van der Waals surface area contributed by atoms with Crippen LogP contribution in [0.4, 0.5) is 17.6 Å². The van der Waals surface area contributed by atoms with E-state index in [2.05, 4.69) is 15.0 Å². The van der Waals surface area contributed by atoms with E-state index in [4.69, 9.17) is 0 Å². The van der Waals surface area contributed by atoms with Crippen molar-refractivity contribution in [3.63, 3.8) is 0 Å². The van der Waals surface area contributed by atoms with Crippen molar-refractivity contribution < 1.29 is 22.7 Å². The Balaban J connectivity index is 2.03. The smallest absolute Gasteiger partial charge is 0.434 e. The number of halogens is 4. The van der Waals surface area contributed by atoms with E-state index < -0.39 is 34.7 Å². The van der Waals surface area contributed by atoms with Crippen molar-refractivity contribution in [3.8, 4) is 17.3 Å². The van der Waals surface area contributed by atoms with E-state index in [-0.39, 0.29) is 34.8 Å². The van der Waals surface area contributed by atoms with Gasteiger partial charge in [-0.2, -0.15) is 13.2 Å². The molecule has 0 saturated heterocycles. The molecule has 0 radical (unpaired) electrons. The first kappa shape index (κ1) is 21.4. The zero-order valence-corrected chi connectivity index (χ0v) is 16.6. The summed E-state index contributed by atoms with van der Waals surface area (Å²) >= 11 is 0. The third-order valence-corrected chi connectivity index (χ3v) is 5.00. The molecule has 0 bridgehead atoms. The molecule has 0 saturated carbocycles. The van der Waals surface area contributed by atoms with E-state index in [0.717, 1.165) is 10.8 Å². The molecule has 32 heavy (non-hydrogen) atoms. The lowest BCUT2D eigenvalue weighted by molar-refractivity contribution is -0.139. The lowest BCUT2D eigenvalue weighted by Gasteiger charge is -2.21. The van der Waals surface area contributed by atoms with Gasteiger partial charge in [-0.15, -0.1) is 0 Å². The molecule has 1 atom stereocenters. The summed E-state index contributed by atoms with van der Waals surface area (Å²) in [5.41, 5.74) is -2.44. The lowest BCUT2D eigenvalue weighted by atomic mass is 10.1. The molecule has 0 amide bonds. The largest absolute Gasteiger partial charge is 0.506 e. The SMILES string of the molecule is C[C@@H](Cc1ccccc1F)n1c(-c2ncccc2O)nc2ccnc(C(F)(F)F)c2c1=O. The lowest BCUT2D eigenvalue weighted by Crippen LogP contribution is -2.30. The molecule has 0 aliphatic rings. The number of fused-ring (bicyclic) bond motifs is 1. The maximum absolute atomic E-state index is 14.2. The van der Waals surface area contributed by atoms with Crippen molar-refractivity contribution in [1.29, 1.82) is 0 Å². The Morgan fingerprint density at radius 3 is 2.50 bits per heavy atom. The molecule has 4 aromatic rings. The zero-order valence-electron chi connectivity index (χ0n) is 16.6. The molecule has 6 nitrogen and oxygen atoms in total. The molecule has 1 aromatic carbocycles. The van der Waals surface area contributed by atoms with Crippen LogP contribution < -0.4 is 5.56 Å². The van der Waals surface area contributed by atoms with Crippen LogP contribution >= 0.6 is 0 Å². The highest BCUT2D eigenvalue weighted by molar-refractivity contribution is 5.82. The van der Waals surface area contributed by atoms with Crippen LogP contribution in [0.15, 0.2) is 59.7 Å². The van der Waals surface area contributed by atoms with Crippen molar-refractivity contribution >= 4 is 10.9 Å². The van der Waals surface area contributed by atoms with Crippen LogP contribution in [0, 0.1) is 5.82 Å². The van der Waals surface area contributed by atoms with Gasteiger partial charge in [-0.25, -0.2) is 14.4 Å². The average molecular weight is 444 g/mol. The number of pyridine rings is 2. The van der Waals surface area contributed by atoms with E-state index in [1.165, 1.54) is 42.6 Å². The second kappa shape index (κ2) is 8.03. The number of hydrogen-bond donors (Lipinski definition) is 1. The van der Waals surface area contributed by atoms with E-state index >= 15 is 0 Å². The number of benzene rings is 1. The number of nitrogens with zero attached hydrogens (tertiary/aromatic N) is 4. The second-order valence-corrected chi connectivity index (χ2v) is 7.18. The van der Waals surface area contributed by atoms with Gasteiger partial charge in [0.25, 0.3) is 5.56 Å². The molecule has 0 aliphatic heterocycles. The highest BCUT2D eigenvalue weighted by Crippen LogP contribution is 2.33. The molecule has 164 valence electrons. The fourth-order valence-electron chi connectivity index (χ4n) is 3.57. The fraction of sp³-hybridized carbons (Fsp3) is 0.182. The maximum atomic E-state index is 14.2. The number of rotatable bonds is 4. The summed E-state index contributed by atoms with van der Waals surface area (Å²) in [6.07, 6.45) is -2.64. The van der Waals surface area contributed by atoms with Gasteiger partial charge in [-0.3, -0.25) is 14.3 Å². The number of hydrogen-bond acceptors (Lipinski definition) is 5. The Labute approximate surface area is 178 Å². The van der Waals surface area contributed by atoms with Crippen LogP contribution in [0.5, 0.6) is 5.75 Å². The van der Waals surface area contributed by atoms with Gasteiger partial charge in [0.15, 0.2) is 11.5 Å². The Morgan fingerprint density at radius 2 is 1.81 bits per heavy atom. The predicted molar refractivity (Wildman–Crippen MR) is 109 cm³/mol. The Bertz CT molecular complexity index is 1370. The summed E-state index contributed by atoms with van der Waals surface area (Å²) in [7, 11) is 0. The van der Waals surface area contributed by atoms with Crippen molar-refractivity contribution in [2.24, 2.45) is 0 Å². The molecule has 0 spiro atoms.